The number of nitrogens with one attached hydrogen (secondary N) is 1. The fourth-order valence-corrected chi connectivity index (χ4v) is 4.50. The van der Waals surface area contributed by atoms with Crippen LogP contribution >= 0.6 is 11.3 Å². The van der Waals surface area contributed by atoms with Gasteiger partial charge >= 0.3 is 0 Å². The number of fused-ring (bicyclic) bond motifs is 2. The Labute approximate surface area is 156 Å². The molecule has 26 heavy (non-hydrogen) atoms. The number of benzene rings is 1. The molecule has 1 N–H and O–H groups in total. The summed E-state index contributed by atoms with van der Waals surface area (Å²) in [7, 11) is 2.19. The average molecular weight is 363 g/mol. The SMILES string of the molecule is CN1CCN(Cc2csc3cnc(-c4cccc5[nH]ccc45)nc23)CC1. The van der Waals surface area contributed by atoms with E-state index in [1.165, 1.54) is 15.6 Å². The summed E-state index contributed by atoms with van der Waals surface area (Å²) in [4.78, 5) is 17.8. The number of thiophene rings is 1. The van der Waals surface area contributed by atoms with Gasteiger partial charge in [-0.15, -0.1) is 11.3 Å². The minimum atomic E-state index is 0.806. The highest BCUT2D eigenvalue weighted by molar-refractivity contribution is 7.17. The molecule has 5 nitrogen and oxygen atoms in total. The second-order valence-corrected chi connectivity index (χ2v) is 7.90. The Morgan fingerprint density at radius 1 is 1.15 bits per heavy atom. The van der Waals surface area contributed by atoms with Crippen molar-refractivity contribution in [2.45, 2.75) is 6.54 Å². The summed E-state index contributed by atoms with van der Waals surface area (Å²) < 4.78 is 1.17. The zero-order valence-corrected chi connectivity index (χ0v) is 15.6. The van der Waals surface area contributed by atoms with Gasteiger partial charge in [0.25, 0.3) is 0 Å². The number of rotatable bonds is 3. The normalized spacial score (nSPS) is 16.7. The number of aromatic nitrogens is 3. The Morgan fingerprint density at radius 3 is 2.92 bits per heavy atom. The summed E-state index contributed by atoms with van der Waals surface area (Å²) in [5, 5.41) is 3.42. The van der Waals surface area contributed by atoms with Crippen molar-refractivity contribution in [3.8, 4) is 11.4 Å². The fourth-order valence-electron chi connectivity index (χ4n) is 3.65. The lowest BCUT2D eigenvalue weighted by Crippen LogP contribution is -2.43. The van der Waals surface area contributed by atoms with Gasteiger partial charge in [-0.25, -0.2) is 9.97 Å². The van der Waals surface area contributed by atoms with Crippen LogP contribution in [0.3, 0.4) is 0 Å². The third-order valence-electron chi connectivity index (χ3n) is 5.21. The first kappa shape index (κ1) is 15.9. The van der Waals surface area contributed by atoms with Crippen LogP contribution in [0.4, 0.5) is 0 Å². The van der Waals surface area contributed by atoms with E-state index in [2.05, 4.69) is 56.5 Å². The molecule has 3 aromatic heterocycles. The van der Waals surface area contributed by atoms with Gasteiger partial charge in [0.1, 0.15) is 0 Å². The summed E-state index contributed by atoms with van der Waals surface area (Å²) in [5.41, 5.74) is 4.63. The maximum Gasteiger partial charge on any atom is 0.160 e. The molecule has 1 fully saturated rings. The van der Waals surface area contributed by atoms with Crippen LogP contribution in [0.25, 0.3) is 32.5 Å². The van der Waals surface area contributed by atoms with E-state index < -0.39 is 0 Å². The van der Waals surface area contributed by atoms with Crippen LogP contribution in [-0.4, -0.2) is 58.0 Å². The maximum atomic E-state index is 4.96. The van der Waals surface area contributed by atoms with Gasteiger partial charge in [0.15, 0.2) is 5.82 Å². The highest BCUT2D eigenvalue weighted by Crippen LogP contribution is 2.30. The second-order valence-electron chi connectivity index (χ2n) is 6.99. The Hall–Kier alpha value is -2.28. The largest absolute Gasteiger partial charge is 0.361 e. The van der Waals surface area contributed by atoms with Crippen LogP contribution in [0.5, 0.6) is 0 Å². The zero-order valence-electron chi connectivity index (χ0n) is 14.8. The van der Waals surface area contributed by atoms with Gasteiger partial charge in [-0.05, 0) is 24.6 Å². The predicted octanol–water partition coefficient (Wildman–Crippen LogP) is 3.59. The summed E-state index contributed by atoms with van der Waals surface area (Å²) in [6, 6.07) is 8.34. The molecule has 1 saturated heterocycles. The lowest BCUT2D eigenvalue weighted by molar-refractivity contribution is 0.148. The number of H-pyrrole nitrogens is 1. The molecule has 1 aliphatic heterocycles. The molecular formula is C20H21N5S. The topological polar surface area (TPSA) is 48.0 Å². The number of piperazine rings is 1. The molecule has 0 atom stereocenters. The van der Waals surface area contributed by atoms with Crippen molar-refractivity contribution >= 4 is 32.5 Å². The molecule has 1 aromatic carbocycles. The van der Waals surface area contributed by atoms with E-state index in [0.29, 0.717) is 0 Å². The van der Waals surface area contributed by atoms with Gasteiger partial charge in [-0.1, -0.05) is 12.1 Å². The Balaban J connectivity index is 1.52. The third-order valence-corrected chi connectivity index (χ3v) is 6.17. The van der Waals surface area contributed by atoms with E-state index in [9.17, 15) is 0 Å². The maximum absolute atomic E-state index is 4.96. The van der Waals surface area contributed by atoms with Crippen LogP contribution in [0.1, 0.15) is 5.56 Å². The van der Waals surface area contributed by atoms with Gasteiger partial charge < -0.3 is 9.88 Å². The van der Waals surface area contributed by atoms with Crippen molar-refractivity contribution in [3.05, 3.63) is 47.6 Å². The monoisotopic (exact) mass is 363 g/mol. The minimum absolute atomic E-state index is 0.806. The molecule has 0 spiro atoms. The van der Waals surface area contributed by atoms with E-state index in [1.54, 1.807) is 11.3 Å². The zero-order chi connectivity index (χ0) is 17.5. The Bertz CT molecular complexity index is 1060. The number of nitrogens with zero attached hydrogens (tertiary/aromatic N) is 4. The summed E-state index contributed by atoms with van der Waals surface area (Å²) in [6.07, 6.45) is 3.94. The number of likely N-dealkylation sites (N-methyl/N-ethyl adjacent to an activating group) is 1. The molecule has 132 valence electrons. The van der Waals surface area contributed by atoms with Crippen molar-refractivity contribution in [1.29, 1.82) is 0 Å². The first-order chi connectivity index (χ1) is 12.8. The van der Waals surface area contributed by atoms with E-state index in [4.69, 9.17) is 4.98 Å². The predicted molar refractivity (Wildman–Crippen MR) is 107 cm³/mol. The summed E-state index contributed by atoms with van der Waals surface area (Å²) >= 11 is 1.74. The lowest BCUT2D eigenvalue weighted by Gasteiger charge is -2.32. The Kier molecular flexibility index (Phi) is 3.96. The summed E-state index contributed by atoms with van der Waals surface area (Å²) in [6.45, 7) is 5.48. The van der Waals surface area contributed by atoms with Crippen molar-refractivity contribution in [3.63, 3.8) is 0 Å². The molecule has 0 radical (unpaired) electrons. The van der Waals surface area contributed by atoms with Crippen LogP contribution in [0.15, 0.2) is 42.0 Å². The van der Waals surface area contributed by atoms with Gasteiger partial charge in [0.05, 0.1) is 10.2 Å². The second kappa shape index (κ2) is 6.46. The van der Waals surface area contributed by atoms with Gasteiger partial charge in [-0.2, -0.15) is 0 Å². The quantitative estimate of drug-likeness (QED) is 0.604. The van der Waals surface area contributed by atoms with Crippen molar-refractivity contribution in [2.24, 2.45) is 0 Å². The van der Waals surface area contributed by atoms with Crippen molar-refractivity contribution < 1.29 is 0 Å². The number of aromatic amines is 1. The first-order valence-corrected chi connectivity index (χ1v) is 9.86. The highest BCUT2D eigenvalue weighted by Gasteiger charge is 2.17. The van der Waals surface area contributed by atoms with E-state index in [0.717, 1.165) is 55.1 Å². The van der Waals surface area contributed by atoms with Gasteiger partial charge in [0, 0.05) is 67.1 Å². The van der Waals surface area contributed by atoms with Crippen LogP contribution in [0, 0.1) is 0 Å². The number of hydrogen-bond donors (Lipinski definition) is 1. The standard InChI is InChI=1S/C20H21N5S/c1-24-7-9-25(10-8-24)12-14-13-26-18-11-22-20(23-19(14)18)16-3-2-4-17-15(16)5-6-21-17/h2-6,11,13,21H,7-10,12H2,1H3. The molecule has 4 aromatic rings. The molecule has 0 amide bonds. The van der Waals surface area contributed by atoms with Gasteiger partial charge in [-0.3, -0.25) is 4.90 Å². The van der Waals surface area contributed by atoms with E-state index in [-0.39, 0.29) is 0 Å². The molecule has 0 aliphatic carbocycles. The lowest BCUT2D eigenvalue weighted by atomic mass is 10.1. The minimum Gasteiger partial charge on any atom is -0.361 e. The molecule has 1 aliphatic rings. The Morgan fingerprint density at radius 2 is 2.04 bits per heavy atom. The molecule has 5 rings (SSSR count). The molecule has 6 heteroatoms. The van der Waals surface area contributed by atoms with Crippen molar-refractivity contribution in [1.82, 2.24) is 24.8 Å². The third kappa shape index (κ3) is 2.80. The molecule has 0 saturated carbocycles. The first-order valence-electron chi connectivity index (χ1n) is 8.98. The van der Waals surface area contributed by atoms with Crippen LogP contribution < -0.4 is 0 Å². The van der Waals surface area contributed by atoms with E-state index in [1.807, 2.05) is 12.4 Å². The summed E-state index contributed by atoms with van der Waals surface area (Å²) in [5.74, 6) is 0.806. The van der Waals surface area contributed by atoms with Crippen LogP contribution in [0.2, 0.25) is 0 Å². The molecule has 0 bridgehead atoms. The van der Waals surface area contributed by atoms with E-state index >= 15 is 0 Å². The van der Waals surface area contributed by atoms with Crippen molar-refractivity contribution in [2.75, 3.05) is 33.2 Å². The smallest absolute Gasteiger partial charge is 0.160 e. The van der Waals surface area contributed by atoms with Gasteiger partial charge in [0.2, 0.25) is 0 Å². The molecular weight excluding hydrogens is 342 g/mol. The molecule has 0 unspecified atom stereocenters. The van der Waals surface area contributed by atoms with Crippen LogP contribution in [-0.2, 0) is 6.54 Å². The fraction of sp³-hybridized carbons (Fsp3) is 0.300. The molecule has 4 heterocycles. The highest BCUT2D eigenvalue weighted by atomic mass is 32.1. The average Bonchev–Trinajstić information content (AvgIpc) is 3.30. The number of hydrogen-bond acceptors (Lipinski definition) is 5.